The van der Waals surface area contributed by atoms with Crippen LogP contribution in [-0.4, -0.2) is 47.7 Å². The van der Waals surface area contributed by atoms with E-state index in [0.29, 0.717) is 28.6 Å². The van der Waals surface area contributed by atoms with Crippen LogP contribution < -0.4 is 16.0 Å². The Labute approximate surface area is 189 Å². The number of carbonyl (C=O) groups excluding carboxylic acids is 1. The number of nitrogens with one attached hydrogen (secondary N) is 3. The zero-order valence-corrected chi connectivity index (χ0v) is 17.6. The van der Waals surface area contributed by atoms with Crippen molar-refractivity contribution in [3.05, 3.63) is 66.1 Å². The standard InChI is InChI=1S/C23H22N8O2/c32-21-11-14(23(33)29-21)10-15-13-25-31-20(27-17-2-3-17)12-19(28-22(15)31)26-16-4-6-18(7-5-16)30-9-1-8-24-30/h1,4-10,12-13,17,21,27,32H,2-3,11H2,(H,26,28)(H,29,33)/b14-10+. The number of carbonyl (C=O) groups is 1. The molecule has 10 nitrogen and oxygen atoms in total. The third-order valence-electron chi connectivity index (χ3n) is 5.67. The average molecular weight is 442 g/mol. The molecule has 4 N–H and O–H groups in total. The van der Waals surface area contributed by atoms with E-state index in [1.54, 1.807) is 27.7 Å². The van der Waals surface area contributed by atoms with Gasteiger partial charge in [-0.1, -0.05) is 0 Å². The summed E-state index contributed by atoms with van der Waals surface area (Å²) in [5.41, 5.74) is 3.69. The summed E-state index contributed by atoms with van der Waals surface area (Å²) in [6, 6.07) is 12.2. The van der Waals surface area contributed by atoms with Gasteiger partial charge in [-0.05, 0) is 49.2 Å². The van der Waals surface area contributed by atoms with Gasteiger partial charge < -0.3 is 21.1 Å². The Morgan fingerprint density at radius 2 is 2.03 bits per heavy atom. The fraction of sp³-hybridized carbons (Fsp3) is 0.217. The first-order valence-electron chi connectivity index (χ1n) is 10.8. The molecule has 0 radical (unpaired) electrons. The van der Waals surface area contributed by atoms with Crippen molar-refractivity contribution in [1.82, 2.24) is 29.7 Å². The summed E-state index contributed by atoms with van der Waals surface area (Å²) in [7, 11) is 0. The minimum absolute atomic E-state index is 0.254. The number of aliphatic hydroxyl groups excluding tert-OH is 1. The summed E-state index contributed by atoms with van der Waals surface area (Å²) >= 11 is 0. The summed E-state index contributed by atoms with van der Waals surface area (Å²) in [5, 5.41) is 27.8. The molecule has 1 aromatic carbocycles. The second-order valence-electron chi connectivity index (χ2n) is 8.27. The zero-order valence-electron chi connectivity index (χ0n) is 17.6. The van der Waals surface area contributed by atoms with E-state index in [0.717, 1.165) is 30.0 Å². The van der Waals surface area contributed by atoms with Crippen LogP contribution in [-0.2, 0) is 4.79 Å². The van der Waals surface area contributed by atoms with Crippen molar-refractivity contribution in [2.45, 2.75) is 31.5 Å². The molecule has 4 heterocycles. The number of nitrogens with zero attached hydrogens (tertiary/aromatic N) is 5. The first-order valence-corrected chi connectivity index (χ1v) is 10.8. The predicted molar refractivity (Wildman–Crippen MR) is 123 cm³/mol. The molecule has 166 valence electrons. The quantitative estimate of drug-likeness (QED) is 0.339. The first-order chi connectivity index (χ1) is 16.1. The van der Waals surface area contributed by atoms with Crippen molar-refractivity contribution in [2.75, 3.05) is 10.6 Å². The highest BCUT2D eigenvalue weighted by atomic mass is 16.3. The lowest BCUT2D eigenvalue weighted by Gasteiger charge is -2.12. The van der Waals surface area contributed by atoms with E-state index in [1.807, 2.05) is 42.6 Å². The summed E-state index contributed by atoms with van der Waals surface area (Å²) in [6.45, 7) is 0. The van der Waals surface area contributed by atoms with Crippen LogP contribution in [0.15, 0.2) is 60.6 Å². The van der Waals surface area contributed by atoms with Gasteiger partial charge in [0.1, 0.15) is 17.9 Å². The molecule has 2 fully saturated rings. The summed E-state index contributed by atoms with van der Waals surface area (Å²) in [5.74, 6) is 1.22. The van der Waals surface area contributed by atoms with Crippen LogP contribution in [0.3, 0.4) is 0 Å². The topological polar surface area (TPSA) is 121 Å². The van der Waals surface area contributed by atoms with Crippen molar-refractivity contribution in [2.24, 2.45) is 0 Å². The molecule has 10 heteroatoms. The predicted octanol–water partition coefficient (Wildman–Crippen LogP) is 2.45. The third kappa shape index (κ3) is 3.92. The molecule has 1 saturated carbocycles. The lowest BCUT2D eigenvalue weighted by atomic mass is 10.1. The van der Waals surface area contributed by atoms with Crippen molar-refractivity contribution in [3.8, 4) is 5.69 Å². The highest BCUT2D eigenvalue weighted by Crippen LogP contribution is 2.29. The van der Waals surface area contributed by atoms with Crippen LogP contribution in [0.25, 0.3) is 17.4 Å². The number of aromatic nitrogens is 5. The molecule has 3 aromatic heterocycles. The van der Waals surface area contributed by atoms with Crippen molar-refractivity contribution in [1.29, 1.82) is 0 Å². The molecular formula is C23H22N8O2. The maximum absolute atomic E-state index is 12.1. The van der Waals surface area contributed by atoms with Crippen LogP contribution in [0.1, 0.15) is 24.8 Å². The Morgan fingerprint density at radius 1 is 1.18 bits per heavy atom. The van der Waals surface area contributed by atoms with Gasteiger partial charge in [-0.15, -0.1) is 0 Å². The molecule has 1 saturated heterocycles. The number of hydrogen-bond acceptors (Lipinski definition) is 7. The highest BCUT2D eigenvalue weighted by molar-refractivity contribution is 6.00. The van der Waals surface area contributed by atoms with Crippen LogP contribution in [0, 0.1) is 0 Å². The third-order valence-corrected chi connectivity index (χ3v) is 5.67. The van der Waals surface area contributed by atoms with Crippen molar-refractivity contribution in [3.63, 3.8) is 0 Å². The number of benzene rings is 1. The molecule has 0 spiro atoms. The van der Waals surface area contributed by atoms with Gasteiger partial charge in [-0.3, -0.25) is 4.79 Å². The fourth-order valence-corrected chi connectivity index (χ4v) is 3.86. The molecule has 0 bridgehead atoms. The van der Waals surface area contributed by atoms with Crippen molar-refractivity contribution < 1.29 is 9.90 Å². The lowest BCUT2D eigenvalue weighted by Crippen LogP contribution is -2.24. The second kappa shape index (κ2) is 7.75. The van der Waals surface area contributed by atoms with E-state index in [9.17, 15) is 9.90 Å². The molecule has 1 aliphatic heterocycles. The lowest BCUT2D eigenvalue weighted by molar-refractivity contribution is -0.117. The first kappa shape index (κ1) is 19.5. The Bertz CT molecular complexity index is 1350. The van der Waals surface area contributed by atoms with E-state index in [-0.39, 0.29) is 12.3 Å². The second-order valence-corrected chi connectivity index (χ2v) is 8.27. The van der Waals surface area contributed by atoms with E-state index < -0.39 is 6.23 Å². The molecule has 6 rings (SSSR count). The maximum atomic E-state index is 12.1. The minimum atomic E-state index is -0.854. The van der Waals surface area contributed by atoms with Gasteiger partial charge in [0.2, 0.25) is 5.91 Å². The summed E-state index contributed by atoms with van der Waals surface area (Å²) < 4.78 is 3.55. The Balaban J connectivity index is 1.35. The highest BCUT2D eigenvalue weighted by Gasteiger charge is 2.26. The number of fused-ring (bicyclic) bond motifs is 1. The molecule has 2 aliphatic rings. The Kier molecular flexibility index (Phi) is 4.58. The fourth-order valence-electron chi connectivity index (χ4n) is 3.86. The number of hydrogen-bond donors (Lipinski definition) is 4. The summed E-state index contributed by atoms with van der Waals surface area (Å²) in [6.07, 6.45) is 8.71. The molecule has 1 atom stereocenters. The van der Waals surface area contributed by atoms with Gasteiger partial charge in [0.15, 0.2) is 5.65 Å². The molecule has 1 amide bonds. The smallest absolute Gasteiger partial charge is 0.249 e. The molecule has 33 heavy (non-hydrogen) atoms. The molecular weight excluding hydrogens is 420 g/mol. The summed E-state index contributed by atoms with van der Waals surface area (Å²) in [4.78, 5) is 16.8. The Morgan fingerprint density at radius 3 is 2.73 bits per heavy atom. The van der Waals surface area contributed by atoms with Crippen LogP contribution in [0.2, 0.25) is 0 Å². The van der Waals surface area contributed by atoms with E-state index in [2.05, 4.69) is 26.1 Å². The van der Waals surface area contributed by atoms with Crippen molar-refractivity contribution >= 4 is 35.0 Å². The number of amides is 1. The Hall–Kier alpha value is -4.18. The monoisotopic (exact) mass is 442 g/mol. The maximum Gasteiger partial charge on any atom is 0.249 e. The molecule has 1 unspecified atom stereocenters. The molecule has 4 aromatic rings. The SMILES string of the molecule is O=C1NC(O)C/C1=C\c1cnn2c(NC3CC3)cc(Nc3ccc(-n4cccn4)cc3)nc12. The minimum Gasteiger partial charge on any atom is -0.373 e. The van der Waals surface area contributed by atoms with Gasteiger partial charge in [0, 0.05) is 47.7 Å². The van der Waals surface area contributed by atoms with Crippen LogP contribution >= 0.6 is 0 Å². The van der Waals surface area contributed by atoms with Gasteiger partial charge in [-0.25, -0.2) is 9.67 Å². The largest absolute Gasteiger partial charge is 0.373 e. The number of anilines is 3. The number of aliphatic hydroxyl groups is 1. The van der Waals surface area contributed by atoms with E-state index in [1.165, 1.54) is 0 Å². The van der Waals surface area contributed by atoms with Gasteiger partial charge in [0.25, 0.3) is 0 Å². The van der Waals surface area contributed by atoms with Gasteiger partial charge in [0.05, 0.1) is 11.9 Å². The normalized spacial score (nSPS) is 19.2. The van der Waals surface area contributed by atoms with Crippen LogP contribution in [0.5, 0.6) is 0 Å². The average Bonchev–Trinajstić information content (AvgIpc) is 3.17. The van der Waals surface area contributed by atoms with Gasteiger partial charge in [-0.2, -0.15) is 14.7 Å². The van der Waals surface area contributed by atoms with E-state index in [4.69, 9.17) is 4.98 Å². The van der Waals surface area contributed by atoms with Crippen LogP contribution in [0.4, 0.5) is 17.3 Å². The van der Waals surface area contributed by atoms with E-state index >= 15 is 0 Å². The number of rotatable bonds is 6. The van der Waals surface area contributed by atoms with Gasteiger partial charge >= 0.3 is 0 Å². The zero-order chi connectivity index (χ0) is 22.4. The molecule has 1 aliphatic carbocycles.